The molecule has 0 aromatic carbocycles. The monoisotopic (exact) mass is 223 g/mol. The predicted molar refractivity (Wildman–Crippen MR) is 44.4 cm³/mol. The van der Waals surface area contributed by atoms with Crippen LogP contribution < -0.4 is 0 Å². The van der Waals surface area contributed by atoms with E-state index in [0.717, 1.165) is 0 Å². The van der Waals surface area contributed by atoms with E-state index in [2.05, 4.69) is 10.3 Å². The molecular weight excluding hydrogens is 216 g/mol. The number of hydrogen-bond donors (Lipinski definition) is 0. The van der Waals surface area contributed by atoms with Crippen molar-refractivity contribution < 1.29 is 13.5 Å². The maximum absolute atomic E-state index is 12.6. The maximum Gasteiger partial charge on any atom is 0.281 e. The van der Waals surface area contributed by atoms with Gasteiger partial charge in [0.15, 0.2) is 0 Å². The van der Waals surface area contributed by atoms with Gasteiger partial charge in [-0.3, -0.25) is 0 Å². The smallest absolute Gasteiger partial charge is 0.281 e. The van der Waals surface area contributed by atoms with Crippen LogP contribution in [0.25, 0.3) is 0 Å². The summed E-state index contributed by atoms with van der Waals surface area (Å²) in [7, 11) is 0. The van der Waals surface area contributed by atoms with E-state index in [1.165, 1.54) is 4.68 Å². The second kappa shape index (κ2) is 3.78. The molecule has 0 amide bonds. The largest absolute Gasteiger partial charge is 0.377 e. The third-order valence-corrected chi connectivity index (χ3v) is 2.36. The van der Waals surface area contributed by atoms with Gasteiger partial charge in [0, 0.05) is 0 Å². The van der Waals surface area contributed by atoms with Gasteiger partial charge in [0.05, 0.1) is 19.1 Å². The van der Waals surface area contributed by atoms with Crippen molar-refractivity contribution >= 4 is 11.6 Å². The van der Waals surface area contributed by atoms with E-state index in [4.69, 9.17) is 16.3 Å². The summed E-state index contributed by atoms with van der Waals surface area (Å²) in [6.45, 7) is 0.815. The molecular formula is C7H8ClF2N3O. The van der Waals surface area contributed by atoms with E-state index in [1.54, 1.807) is 0 Å². The van der Waals surface area contributed by atoms with Crippen LogP contribution in [0.5, 0.6) is 0 Å². The average molecular weight is 224 g/mol. The van der Waals surface area contributed by atoms with Crippen LogP contribution in [0.15, 0.2) is 0 Å². The molecule has 0 bridgehead atoms. The molecule has 1 aliphatic rings. The Morgan fingerprint density at radius 3 is 2.71 bits per heavy atom. The zero-order valence-corrected chi connectivity index (χ0v) is 7.92. The Morgan fingerprint density at radius 2 is 2.29 bits per heavy atom. The lowest BCUT2D eigenvalue weighted by molar-refractivity contribution is -0.0342. The van der Waals surface area contributed by atoms with E-state index >= 15 is 0 Å². The molecule has 1 aliphatic heterocycles. The van der Waals surface area contributed by atoms with Gasteiger partial charge >= 0.3 is 0 Å². The lowest BCUT2D eigenvalue weighted by atomic mass is 10.2. The first-order valence-corrected chi connectivity index (χ1v) is 4.63. The molecule has 1 saturated heterocycles. The highest BCUT2D eigenvalue weighted by Crippen LogP contribution is 2.27. The molecule has 4 nitrogen and oxygen atoms in total. The summed E-state index contributed by atoms with van der Waals surface area (Å²) in [6, 6.07) is -0.122. The van der Waals surface area contributed by atoms with Crippen LogP contribution in [0.1, 0.15) is 23.9 Å². The number of aromatic nitrogens is 3. The first-order valence-electron chi connectivity index (χ1n) is 4.10. The Kier molecular flexibility index (Phi) is 2.64. The summed E-state index contributed by atoms with van der Waals surface area (Å²) >= 11 is 5.47. The SMILES string of the molecule is FC(F)c1c(CCl)nnn1C1COC1. The second-order valence-corrected chi connectivity index (χ2v) is 3.26. The highest BCUT2D eigenvalue weighted by atomic mass is 35.5. The molecule has 2 heterocycles. The number of nitrogens with zero attached hydrogens (tertiary/aromatic N) is 3. The summed E-state index contributed by atoms with van der Waals surface area (Å²) < 4.78 is 31.4. The molecule has 0 unspecified atom stereocenters. The molecule has 1 aromatic rings. The molecule has 14 heavy (non-hydrogen) atoms. The number of hydrogen-bond acceptors (Lipinski definition) is 3. The van der Waals surface area contributed by atoms with E-state index in [1.807, 2.05) is 0 Å². The van der Waals surface area contributed by atoms with Gasteiger partial charge in [-0.25, -0.2) is 13.5 Å². The van der Waals surface area contributed by atoms with Crippen molar-refractivity contribution in [1.82, 2.24) is 15.0 Å². The molecule has 0 atom stereocenters. The lowest BCUT2D eigenvalue weighted by Gasteiger charge is -2.26. The summed E-state index contributed by atoms with van der Waals surface area (Å²) in [5.41, 5.74) is -0.0399. The van der Waals surface area contributed by atoms with Gasteiger partial charge in [0.1, 0.15) is 17.4 Å². The first-order chi connectivity index (χ1) is 6.74. The molecule has 0 saturated carbocycles. The molecule has 0 N–H and O–H groups in total. The lowest BCUT2D eigenvalue weighted by Crippen LogP contribution is -2.32. The van der Waals surface area contributed by atoms with Crippen molar-refractivity contribution in [2.45, 2.75) is 18.3 Å². The fourth-order valence-electron chi connectivity index (χ4n) is 1.29. The number of halogens is 3. The summed E-state index contributed by atoms with van der Waals surface area (Å²) in [5.74, 6) is -0.0484. The molecule has 0 spiro atoms. The zero-order chi connectivity index (χ0) is 10.1. The minimum atomic E-state index is -2.60. The Balaban J connectivity index is 2.33. The quantitative estimate of drug-likeness (QED) is 0.730. The molecule has 7 heteroatoms. The first kappa shape index (κ1) is 9.79. The molecule has 0 aliphatic carbocycles. The zero-order valence-electron chi connectivity index (χ0n) is 7.16. The molecule has 2 rings (SSSR count). The fraction of sp³-hybridized carbons (Fsp3) is 0.714. The topological polar surface area (TPSA) is 39.9 Å². The normalized spacial score (nSPS) is 17.4. The van der Waals surface area contributed by atoms with Crippen molar-refractivity contribution in [2.75, 3.05) is 13.2 Å². The average Bonchev–Trinajstić information content (AvgIpc) is 2.44. The summed E-state index contributed by atoms with van der Waals surface area (Å²) in [4.78, 5) is 0. The molecule has 1 fully saturated rings. The van der Waals surface area contributed by atoms with Crippen LogP contribution in [0.2, 0.25) is 0 Å². The highest BCUT2D eigenvalue weighted by molar-refractivity contribution is 6.16. The Morgan fingerprint density at radius 1 is 1.57 bits per heavy atom. The van der Waals surface area contributed by atoms with Crippen LogP contribution >= 0.6 is 11.6 Å². The number of ether oxygens (including phenoxy) is 1. The van der Waals surface area contributed by atoms with Gasteiger partial charge in [-0.15, -0.1) is 16.7 Å². The minimum Gasteiger partial charge on any atom is -0.377 e. The van der Waals surface area contributed by atoms with E-state index < -0.39 is 6.43 Å². The van der Waals surface area contributed by atoms with Crippen molar-refractivity contribution in [3.63, 3.8) is 0 Å². The third kappa shape index (κ3) is 1.48. The number of rotatable bonds is 3. The van der Waals surface area contributed by atoms with Gasteiger partial charge in [-0.05, 0) is 0 Å². The Hall–Kier alpha value is -0.750. The second-order valence-electron chi connectivity index (χ2n) is 2.99. The van der Waals surface area contributed by atoms with Crippen molar-refractivity contribution in [3.8, 4) is 0 Å². The van der Waals surface area contributed by atoms with Crippen molar-refractivity contribution in [3.05, 3.63) is 11.4 Å². The highest BCUT2D eigenvalue weighted by Gasteiger charge is 2.29. The maximum atomic E-state index is 12.6. The van der Waals surface area contributed by atoms with Gasteiger partial charge < -0.3 is 4.74 Å². The minimum absolute atomic E-state index is 0.0484. The van der Waals surface area contributed by atoms with E-state index in [9.17, 15) is 8.78 Å². The predicted octanol–water partition coefficient (Wildman–Crippen LogP) is 1.53. The van der Waals surface area contributed by atoms with Gasteiger partial charge in [0.25, 0.3) is 6.43 Å². The molecule has 0 radical (unpaired) electrons. The van der Waals surface area contributed by atoms with Crippen LogP contribution in [0.3, 0.4) is 0 Å². The van der Waals surface area contributed by atoms with Crippen LogP contribution in [0, 0.1) is 0 Å². The standard InChI is InChI=1S/C7H8ClF2N3O/c8-1-5-6(7(9)10)13(12-11-5)4-2-14-3-4/h4,7H,1-3H2. The van der Waals surface area contributed by atoms with Gasteiger partial charge in [-0.2, -0.15) is 0 Å². The van der Waals surface area contributed by atoms with Crippen LogP contribution in [-0.4, -0.2) is 28.2 Å². The third-order valence-electron chi connectivity index (χ3n) is 2.10. The van der Waals surface area contributed by atoms with Crippen molar-refractivity contribution in [2.24, 2.45) is 0 Å². The Labute approximate surface area is 83.8 Å². The van der Waals surface area contributed by atoms with E-state index in [0.29, 0.717) is 13.2 Å². The van der Waals surface area contributed by atoms with Gasteiger partial charge in [-0.1, -0.05) is 5.21 Å². The van der Waals surface area contributed by atoms with Crippen LogP contribution in [0.4, 0.5) is 8.78 Å². The fourth-order valence-corrected chi connectivity index (χ4v) is 1.48. The van der Waals surface area contributed by atoms with Gasteiger partial charge in [0.2, 0.25) is 0 Å². The van der Waals surface area contributed by atoms with Crippen LogP contribution in [-0.2, 0) is 10.6 Å². The van der Waals surface area contributed by atoms with Crippen molar-refractivity contribution in [1.29, 1.82) is 0 Å². The molecule has 78 valence electrons. The molecule has 1 aromatic heterocycles. The summed E-state index contributed by atoms with van der Waals surface area (Å²) in [5, 5.41) is 7.26. The Bertz CT molecular complexity index is 327. The van der Waals surface area contributed by atoms with E-state index in [-0.39, 0.29) is 23.3 Å². The number of alkyl halides is 3. The summed E-state index contributed by atoms with van der Waals surface area (Å²) in [6.07, 6.45) is -2.60.